The summed E-state index contributed by atoms with van der Waals surface area (Å²) in [5.41, 5.74) is 3.00. The van der Waals surface area contributed by atoms with Gasteiger partial charge < -0.3 is 14.3 Å². The van der Waals surface area contributed by atoms with E-state index in [0.29, 0.717) is 24.5 Å². The number of benzene rings is 1. The van der Waals surface area contributed by atoms with E-state index in [1.807, 2.05) is 36.4 Å². The zero-order chi connectivity index (χ0) is 21.0. The van der Waals surface area contributed by atoms with Crippen molar-refractivity contribution in [1.29, 1.82) is 5.26 Å². The molecule has 0 radical (unpaired) electrons. The molecule has 0 saturated carbocycles. The van der Waals surface area contributed by atoms with Crippen LogP contribution in [0.3, 0.4) is 0 Å². The summed E-state index contributed by atoms with van der Waals surface area (Å²) >= 11 is 0. The summed E-state index contributed by atoms with van der Waals surface area (Å²) in [6.45, 7) is 4.82. The number of nitriles is 1. The highest BCUT2D eigenvalue weighted by molar-refractivity contribution is 5.93. The first kappa shape index (κ1) is 20.4. The highest BCUT2D eigenvalue weighted by Crippen LogP contribution is 2.27. The van der Waals surface area contributed by atoms with Gasteiger partial charge in [0.15, 0.2) is 0 Å². The standard InChI is InChI=1S/C22H23FN4O2/c1-15-16(2)27(12-17-6-8-18(23)9-7-17)22(20(15)11-24)25-21(28)14-26(3)13-19-5-4-10-29-19/h4-10H,12-14H2,1-3H3,(H,25,28). The molecule has 2 heterocycles. The summed E-state index contributed by atoms with van der Waals surface area (Å²) in [5.74, 6) is 0.695. The molecule has 1 N–H and O–H groups in total. The predicted octanol–water partition coefficient (Wildman–Crippen LogP) is 3.83. The third-order valence-electron chi connectivity index (χ3n) is 4.87. The van der Waals surface area contributed by atoms with Gasteiger partial charge in [-0.1, -0.05) is 12.1 Å². The van der Waals surface area contributed by atoms with Crippen molar-refractivity contribution in [1.82, 2.24) is 9.47 Å². The smallest absolute Gasteiger partial charge is 0.239 e. The van der Waals surface area contributed by atoms with Gasteiger partial charge in [-0.15, -0.1) is 0 Å². The number of carbonyl (C=O) groups is 1. The molecule has 29 heavy (non-hydrogen) atoms. The van der Waals surface area contributed by atoms with Gasteiger partial charge in [-0.25, -0.2) is 4.39 Å². The Hall–Kier alpha value is -3.37. The number of anilines is 1. The summed E-state index contributed by atoms with van der Waals surface area (Å²) in [7, 11) is 1.82. The van der Waals surface area contributed by atoms with E-state index in [4.69, 9.17) is 4.42 Å². The minimum Gasteiger partial charge on any atom is -0.468 e. The average molecular weight is 394 g/mol. The van der Waals surface area contributed by atoms with Crippen LogP contribution in [0.5, 0.6) is 0 Å². The van der Waals surface area contributed by atoms with Crippen LogP contribution in [-0.4, -0.2) is 29.0 Å². The molecule has 7 heteroatoms. The highest BCUT2D eigenvalue weighted by Gasteiger charge is 2.20. The van der Waals surface area contributed by atoms with Crippen LogP contribution in [0.25, 0.3) is 0 Å². The second-order valence-corrected chi connectivity index (χ2v) is 7.06. The molecule has 0 aliphatic heterocycles. The number of hydrogen-bond donors (Lipinski definition) is 1. The van der Waals surface area contributed by atoms with Crippen molar-refractivity contribution in [3.05, 3.63) is 76.6 Å². The molecular weight excluding hydrogens is 371 g/mol. The van der Waals surface area contributed by atoms with Crippen molar-refractivity contribution in [2.45, 2.75) is 26.9 Å². The van der Waals surface area contributed by atoms with Crippen LogP contribution in [0.15, 0.2) is 47.1 Å². The molecule has 0 fully saturated rings. The molecule has 2 aromatic heterocycles. The topological polar surface area (TPSA) is 74.2 Å². The van der Waals surface area contributed by atoms with Crippen LogP contribution < -0.4 is 5.32 Å². The Labute approximate surface area is 169 Å². The Kier molecular flexibility index (Phi) is 6.15. The molecule has 150 valence electrons. The van der Waals surface area contributed by atoms with Crippen LogP contribution in [0, 0.1) is 31.0 Å². The van der Waals surface area contributed by atoms with Crippen molar-refractivity contribution in [3.8, 4) is 6.07 Å². The van der Waals surface area contributed by atoms with E-state index in [-0.39, 0.29) is 18.3 Å². The third-order valence-corrected chi connectivity index (χ3v) is 4.87. The molecule has 6 nitrogen and oxygen atoms in total. The average Bonchev–Trinajstić information content (AvgIpc) is 3.26. The predicted molar refractivity (Wildman–Crippen MR) is 108 cm³/mol. The maximum atomic E-state index is 13.2. The zero-order valence-corrected chi connectivity index (χ0v) is 16.7. The Morgan fingerprint density at radius 3 is 2.62 bits per heavy atom. The largest absolute Gasteiger partial charge is 0.468 e. The van der Waals surface area contributed by atoms with E-state index in [2.05, 4.69) is 11.4 Å². The van der Waals surface area contributed by atoms with Gasteiger partial charge in [0.25, 0.3) is 0 Å². The number of nitrogens with one attached hydrogen (secondary N) is 1. The number of hydrogen-bond acceptors (Lipinski definition) is 4. The monoisotopic (exact) mass is 394 g/mol. The lowest BCUT2D eigenvalue weighted by molar-refractivity contribution is -0.117. The van der Waals surface area contributed by atoms with Gasteiger partial charge in [-0.3, -0.25) is 9.69 Å². The van der Waals surface area contributed by atoms with Crippen molar-refractivity contribution in [2.24, 2.45) is 0 Å². The summed E-state index contributed by atoms with van der Waals surface area (Å²) in [6.07, 6.45) is 1.59. The number of furan rings is 1. The van der Waals surface area contributed by atoms with E-state index in [1.54, 1.807) is 24.5 Å². The van der Waals surface area contributed by atoms with Gasteiger partial charge in [0.05, 0.1) is 24.9 Å². The van der Waals surface area contributed by atoms with Gasteiger partial charge in [-0.2, -0.15) is 5.26 Å². The molecule has 1 amide bonds. The van der Waals surface area contributed by atoms with Crippen molar-refractivity contribution in [2.75, 3.05) is 18.9 Å². The normalized spacial score (nSPS) is 10.9. The Bertz CT molecular complexity index is 1030. The number of likely N-dealkylation sites (N-methyl/N-ethyl adjacent to an activating group) is 1. The van der Waals surface area contributed by atoms with E-state index < -0.39 is 0 Å². The first-order valence-corrected chi connectivity index (χ1v) is 9.24. The Morgan fingerprint density at radius 2 is 2.00 bits per heavy atom. The van der Waals surface area contributed by atoms with Crippen molar-refractivity contribution < 1.29 is 13.6 Å². The fourth-order valence-corrected chi connectivity index (χ4v) is 3.24. The molecule has 1 aromatic carbocycles. The highest BCUT2D eigenvalue weighted by atomic mass is 19.1. The van der Waals surface area contributed by atoms with Gasteiger partial charge in [0, 0.05) is 12.2 Å². The first-order valence-electron chi connectivity index (χ1n) is 9.24. The SMILES string of the molecule is Cc1c(C#N)c(NC(=O)CN(C)Cc2ccco2)n(Cc2ccc(F)cc2)c1C. The van der Waals surface area contributed by atoms with Crippen LogP contribution >= 0.6 is 0 Å². The molecule has 0 bridgehead atoms. The van der Waals surface area contributed by atoms with Gasteiger partial charge >= 0.3 is 0 Å². The summed E-state index contributed by atoms with van der Waals surface area (Å²) in [6, 6.07) is 12.0. The van der Waals surface area contributed by atoms with Crippen LogP contribution in [0.2, 0.25) is 0 Å². The van der Waals surface area contributed by atoms with Crippen molar-refractivity contribution >= 4 is 11.7 Å². The first-order chi connectivity index (χ1) is 13.9. The molecule has 0 spiro atoms. The number of amides is 1. The molecule has 0 aliphatic carbocycles. The van der Waals surface area contributed by atoms with Gasteiger partial charge in [-0.05, 0) is 56.3 Å². The number of rotatable bonds is 7. The molecule has 0 atom stereocenters. The summed E-state index contributed by atoms with van der Waals surface area (Å²) in [5, 5.41) is 12.5. The Balaban J connectivity index is 1.79. The molecule has 3 rings (SSSR count). The molecule has 0 unspecified atom stereocenters. The lowest BCUT2D eigenvalue weighted by Crippen LogP contribution is -2.30. The van der Waals surface area contributed by atoms with E-state index >= 15 is 0 Å². The summed E-state index contributed by atoms with van der Waals surface area (Å²) < 4.78 is 20.4. The minimum atomic E-state index is -0.306. The van der Waals surface area contributed by atoms with Crippen LogP contribution in [0.4, 0.5) is 10.2 Å². The van der Waals surface area contributed by atoms with Crippen molar-refractivity contribution in [3.63, 3.8) is 0 Å². The van der Waals surface area contributed by atoms with Crippen LogP contribution in [0.1, 0.15) is 28.1 Å². The number of aromatic nitrogens is 1. The second kappa shape index (κ2) is 8.76. The van der Waals surface area contributed by atoms with Gasteiger partial charge in [0.2, 0.25) is 5.91 Å². The maximum Gasteiger partial charge on any atom is 0.239 e. The fourth-order valence-electron chi connectivity index (χ4n) is 3.24. The second-order valence-electron chi connectivity index (χ2n) is 7.06. The van der Waals surface area contributed by atoms with E-state index in [1.165, 1.54) is 12.1 Å². The molecule has 0 saturated heterocycles. The number of nitrogens with zero attached hydrogens (tertiary/aromatic N) is 3. The van der Waals surface area contributed by atoms with E-state index in [9.17, 15) is 14.4 Å². The molecule has 0 aliphatic rings. The molecular formula is C22H23FN4O2. The maximum absolute atomic E-state index is 13.2. The lowest BCUT2D eigenvalue weighted by Gasteiger charge is -2.17. The fraction of sp³-hybridized carbons (Fsp3) is 0.273. The third kappa shape index (κ3) is 4.73. The van der Waals surface area contributed by atoms with E-state index in [0.717, 1.165) is 22.6 Å². The quantitative estimate of drug-likeness (QED) is 0.661. The Morgan fingerprint density at radius 1 is 1.28 bits per heavy atom. The number of halogens is 1. The van der Waals surface area contributed by atoms with Gasteiger partial charge in [0.1, 0.15) is 23.5 Å². The number of carbonyl (C=O) groups excluding carboxylic acids is 1. The van der Waals surface area contributed by atoms with Crippen LogP contribution in [-0.2, 0) is 17.9 Å². The summed E-state index contributed by atoms with van der Waals surface area (Å²) in [4.78, 5) is 14.5. The zero-order valence-electron chi connectivity index (χ0n) is 16.7. The minimum absolute atomic E-state index is 0.144. The lowest BCUT2D eigenvalue weighted by atomic mass is 10.2. The molecule has 3 aromatic rings.